The summed E-state index contributed by atoms with van der Waals surface area (Å²) in [4.78, 5) is 16.4. The van der Waals surface area contributed by atoms with Crippen LogP contribution in [0.1, 0.15) is 25.7 Å². The summed E-state index contributed by atoms with van der Waals surface area (Å²) >= 11 is 0. The van der Waals surface area contributed by atoms with Gasteiger partial charge in [0, 0.05) is 23.8 Å². The van der Waals surface area contributed by atoms with Crippen molar-refractivity contribution in [3.8, 4) is 0 Å². The second-order valence-corrected chi connectivity index (χ2v) is 5.81. The molecule has 0 aromatic heterocycles. The van der Waals surface area contributed by atoms with Crippen LogP contribution in [0.4, 0.5) is 0 Å². The molecule has 5 atom stereocenters. The number of esters is 1. The predicted molar refractivity (Wildman–Crippen MR) is 66.1 cm³/mol. The number of carbonyl (C=O) groups is 1. The van der Waals surface area contributed by atoms with Crippen LogP contribution in [0, 0.1) is 11.8 Å². The van der Waals surface area contributed by atoms with Gasteiger partial charge >= 0.3 is 5.97 Å². The number of aliphatic hydroxyl groups excluding tert-OH is 1. The van der Waals surface area contributed by atoms with Crippen molar-refractivity contribution < 1.29 is 24.8 Å². The van der Waals surface area contributed by atoms with Gasteiger partial charge in [-0.25, -0.2) is 9.68 Å². The third-order valence-corrected chi connectivity index (χ3v) is 5.01. The van der Waals surface area contributed by atoms with Gasteiger partial charge in [-0.3, -0.25) is 5.26 Å². The Kier molecular flexibility index (Phi) is 2.81. The molecule has 5 nitrogen and oxygen atoms in total. The average molecular weight is 266 g/mol. The number of aliphatic hydroxyl groups is 1. The van der Waals surface area contributed by atoms with Gasteiger partial charge in [-0.05, 0) is 24.8 Å². The molecule has 2 N–H and O–H groups in total. The van der Waals surface area contributed by atoms with Crippen LogP contribution in [0.15, 0.2) is 24.3 Å². The fourth-order valence-corrected chi connectivity index (χ4v) is 3.86. The predicted octanol–water partition coefficient (Wildman–Crippen LogP) is 1.43. The summed E-state index contributed by atoms with van der Waals surface area (Å²) in [5, 5.41) is 19.5. The first-order valence-corrected chi connectivity index (χ1v) is 6.58. The van der Waals surface area contributed by atoms with Gasteiger partial charge in [0.1, 0.15) is 11.7 Å². The van der Waals surface area contributed by atoms with Crippen molar-refractivity contribution in [3.05, 3.63) is 24.3 Å². The van der Waals surface area contributed by atoms with Crippen molar-refractivity contribution >= 4 is 5.97 Å². The molecule has 0 spiro atoms. The van der Waals surface area contributed by atoms with Gasteiger partial charge in [0.15, 0.2) is 0 Å². The first kappa shape index (κ1) is 12.8. The van der Waals surface area contributed by atoms with Crippen molar-refractivity contribution in [2.75, 3.05) is 0 Å². The minimum atomic E-state index is -0.906. The molecule has 0 radical (unpaired) electrons. The Morgan fingerprint density at radius 2 is 2.16 bits per heavy atom. The molecule has 0 amide bonds. The maximum atomic E-state index is 11.6. The minimum Gasteiger partial charge on any atom is -0.458 e. The highest BCUT2D eigenvalue weighted by atomic mass is 17.1. The van der Waals surface area contributed by atoms with Crippen molar-refractivity contribution in [2.45, 2.75) is 43.5 Å². The van der Waals surface area contributed by atoms with E-state index in [1.54, 1.807) is 0 Å². The molecule has 3 aliphatic rings. The Morgan fingerprint density at radius 1 is 1.42 bits per heavy atom. The Labute approximate surface area is 111 Å². The van der Waals surface area contributed by atoms with E-state index in [1.807, 2.05) is 0 Å². The van der Waals surface area contributed by atoms with Crippen LogP contribution in [-0.4, -0.2) is 34.1 Å². The lowest BCUT2D eigenvalue weighted by molar-refractivity contribution is -0.323. The summed E-state index contributed by atoms with van der Waals surface area (Å²) in [5.41, 5.74) is 0.230. The van der Waals surface area contributed by atoms with E-state index in [0.717, 1.165) is 0 Å². The molecule has 0 aromatic carbocycles. The van der Waals surface area contributed by atoms with E-state index in [0.29, 0.717) is 36.8 Å². The molecule has 0 bridgehead atoms. The maximum Gasteiger partial charge on any atom is 0.334 e. The van der Waals surface area contributed by atoms with Crippen molar-refractivity contribution in [2.24, 2.45) is 11.8 Å². The zero-order valence-corrected chi connectivity index (χ0v) is 10.7. The molecule has 104 valence electrons. The van der Waals surface area contributed by atoms with Crippen molar-refractivity contribution in [1.29, 1.82) is 0 Å². The van der Waals surface area contributed by atoms with Gasteiger partial charge in [-0.2, -0.15) is 0 Å². The lowest BCUT2D eigenvalue weighted by Crippen LogP contribution is -2.40. The van der Waals surface area contributed by atoms with E-state index >= 15 is 0 Å². The molecule has 1 saturated heterocycles. The summed E-state index contributed by atoms with van der Waals surface area (Å²) in [7, 11) is 0. The number of rotatable bonds is 1. The molecule has 3 fully saturated rings. The highest BCUT2D eigenvalue weighted by Gasteiger charge is 2.57. The van der Waals surface area contributed by atoms with Crippen LogP contribution in [0.2, 0.25) is 0 Å². The van der Waals surface area contributed by atoms with Gasteiger partial charge in [0.25, 0.3) is 0 Å². The number of hydrogen-bond donors (Lipinski definition) is 2. The largest absolute Gasteiger partial charge is 0.458 e. The molecule has 0 aromatic rings. The first-order chi connectivity index (χ1) is 8.99. The van der Waals surface area contributed by atoms with Gasteiger partial charge in [-0.1, -0.05) is 13.2 Å². The first-order valence-electron chi connectivity index (χ1n) is 6.58. The molecule has 19 heavy (non-hydrogen) atoms. The number of fused-ring (bicyclic) bond motifs is 2. The zero-order valence-electron chi connectivity index (χ0n) is 10.7. The van der Waals surface area contributed by atoms with E-state index < -0.39 is 11.7 Å². The van der Waals surface area contributed by atoms with Crippen LogP contribution >= 0.6 is 0 Å². The van der Waals surface area contributed by atoms with E-state index in [9.17, 15) is 15.2 Å². The highest BCUT2D eigenvalue weighted by Crippen LogP contribution is 2.53. The van der Waals surface area contributed by atoms with Gasteiger partial charge in [-0.15, -0.1) is 0 Å². The smallest absolute Gasteiger partial charge is 0.334 e. The fourth-order valence-electron chi connectivity index (χ4n) is 3.86. The van der Waals surface area contributed by atoms with Crippen molar-refractivity contribution in [3.63, 3.8) is 0 Å². The number of carbonyl (C=O) groups excluding carboxylic acids is 1. The number of hydrogen-bond acceptors (Lipinski definition) is 5. The second kappa shape index (κ2) is 4.16. The topological polar surface area (TPSA) is 76.0 Å². The van der Waals surface area contributed by atoms with E-state index in [-0.39, 0.29) is 23.9 Å². The maximum absolute atomic E-state index is 11.6. The highest BCUT2D eigenvalue weighted by molar-refractivity contribution is 5.90. The summed E-state index contributed by atoms with van der Waals surface area (Å²) in [6.07, 6.45) is 1.20. The van der Waals surface area contributed by atoms with Gasteiger partial charge in [0.05, 0.1) is 6.10 Å². The normalized spacial score (nSPS) is 45.7. The van der Waals surface area contributed by atoms with Crippen LogP contribution in [0.5, 0.6) is 0 Å². The summed E-state index contributed by atoms with van der Waals surface area (Å²) in [6.45, 7) is 7.77. The van der Waals surface area contributed by atoms with Crippen LogP contribution in [0.25, 0.3) is 0 Å². The van der Waals surface area contributed by atoms with Crippen LogP contribution in [-0.2, 0) is 14.4 Å². The lowest BCUT2D eigenvalue weighted by atomic mass is 9.80. The summed E-state index contributed by atoms with van der Waals surface area (Å²) in [6, 6.07) is 0. The van der Waals surface area contributed by atoms with E-state index in [1.165, 1.54) is 0 Å². The molecule has 5 unspecified atom stereocenters. The molecule has 2 aliphatic carbocycles. The van der Waals surface area contributed by atoms with E-state index in [4.69, 9.17) is 9.62 Å². The SMILES string of the molecule is C=C1C(=O)OC2CC(=C)C3(OO)CCC(O)C3CC12. The van der Waals surface area contributed by atoms with E-state index in [2.05, 4.69) is 13.2 Å². The van der Waals surface area contributed by atoms with Crippen LogP contribution < -0.4 is 0 Å². The molecule has 5 heteroatoms. The summed E-state index contributed by atoms with van der Waals surface area (Å²) < 4.78 is 5.30. The minimum absolute atomic E-state index is 0.126. The average Bonchev–Trinajstić information content (AvgIpc) is 2.79. The second-order valence-electron chi connectivity index (χ2n) is 5.81. The van der Waals surface area contributed by atoms with Gasteiger partial charge in [0.2, 0.25) is 0 Å². The standard InChI is InChI=1S/C14H18O5/c1-7-5-12-9(8(2)13(16)18-12)6-10-11(15)3-4-14(7,10)19-17/h9-12,15,17H,1-6H2. The zero-order chi connectivity index (χ0) is 13.8. The monoisotopic (exact) mass is 266 g/mol. The molecule has 2 saturated carbocycles. The Bertz CT molecular complexity index is 457. The summed E-state index contributed by atoms with van der Waals surface area (Å²) in [5.74, 6) is -0.766. The lowest BCUT2D eigenvalue weighted by Gasteiger charge is -2.33. The third kappa shape index (κ3) is 1.62. The molecular weight excluding hydrogens is 248 g/mol. The molecular formula is C14H18O5. The van der Waals surface area contributed by atoms with Crippen molar-refractivity contribution in [1.82, 2.24) is 0 Å². The molecule has 1 heterocycles. The Morgan fingerprint density at radius 3 is 2.84 bits per heavy atom. The molecule has 3 rings (SSSR count). The fraction of sp³-hybridized carbons (Fsp3) is 0.643. The molecule has 1 aliphatic heterocycles. The Hall–Kier alpha value is -1.17. The third-order valence-electron chi connectivity index (χ3n) is 5.01. The van der Waals surface area contributed by atoms with Crippen LogP contribution in [0.3, 0.4) is 0 Å². The van der Waals surface area contributed by atoms with Gasteiger partial charge < -0.3 is 9.84 Å². The quantitative estimate of drug-likeness (QED) is 0.247. The number of ether oxygens (including phenoxy) is 1. The Balaban J connectivity index is 1.98.